The number of anilines is 1. The largest absolute Gasteiger partial charge is 0.383 e. The van der Waals surface area contributed by atoms with Gasteiger partial charge in [-0.1, -0.05) is 26.0 Å². The zero-order chi connectivity index (χ0) is 12.0. The summed E-state index contributed by atoms with van der Waals surface area (Å²) in [5, 5.41) is 3.40. The van der Waals surface area contributed by atoms with Gasteiger partial charge < -0.3 is 10.1 Å². The topological polar surface area (TPSA) is 21.3 Å². The van der Waals surface area contributed by atoms with E-state index in [9.17, 15) is 0 Å². The molecule has 0 spiro atoms. The van der Waals surface area contributed by atoms with Gasteiger partial charge in [0, 0.05) is 18.8 Å². The Kier molecular flexibility index (Phi) is 5.33. The van der Waals surface area contributed by atoms with E-state index in [-0.39, 0.29) is 0 Å². The number of hydrogen-bond donors (Lipinski definition) is 1. The second kappa shape index (κ2) is 6.54. The fourth-order valence-electron chi connectivity index (χ4n) is 1.50. The van der Waals surface area contributed by atoms with Gasteiger partial charge in [0.2, 0.25) is 0 Å². The van der Waals surface area contributed by atoms with Crippen LogP contribution in [0.3, 0.4) is 0 Å². The molecule has 0 aliphatic rings. The Morgan fingerprint density at radius 2 is 2.00 bits per heavy atom. The van der Waals surface area contributed by atoms with Crippen molar-refractivity contribution < 1.29 is 4.74 Å². The lowest BCUT2D eigenvalue weighted by Crippen LogP contribution is -2.12. The maximum absolute atomic E-state index is 5.52. The van der Waals surface area contributed by atoms with Gasteiger partial charge in [0.25, 0.3) is 0 Å². The maximum Gasteiger partial charge on any atom is 0.0639 e. The highest BCUT2D eigenvalue weighted by molar-refractivity contribution is 5.52. The van der Waals surface area contributed by atoms with Gasteiger partial charge >= 0.3 is 0 Å². The number of rotatable bonds is 6. The molecule has 90 valence electrons. The van der Waals surface area contributed by atoms with Gasteiger partial charge in [-0.25, -0.2) is 0 Å². The van der Waals surface area contributed by atoms with E-state index in [0.717, 1.165) is 19.8 Å². The molecule has 0 unspecified atom stereocenters. The van der Waals surface area contributed by atoms with Crippen molar-refractivity contribution in [3.8, 4) is 0 Å². The number of benzene rings is 1. The van der Waals surface area contributed by atoms with Crippen LogP contribution < -0.4 is 5.32 Å². The highest BCUT2D eigenvalue weighted by Gasteiger charge is 1.98. The second-order valence-electron chi connectivity index (χ2n) is 4.71. The molecule has 16 heavy (non-hydrogen) atoms. The molecule has 0 atom stereocenters. The Hall–Kier alpha value is -1.02. The molecule has 0 aromatic heterocycles. The van der Waals surface area contributed by atoms with E-state index < -0.39 is 0 Å². The van der Waals surface area contributed by atoms with E-state index >= 15 is 0 Å². The first-order chi connectivity index (χ1) is 7.59. The molecular weight excluding hydrogens is 198 g/mol. The number of hydrogen-bond acceptors (Lipinski definition) is 2. The first-order valence-corrected chi connectivity index (χ1v) is 5.98. The second-order valence-corrected chi connectivity index (χ2v) is 4.71. The molecule has 1 N–H and O–H groups in total. The van der Waals surface area contributed by atoms with Gasteiger partial charge in [-0.3, -0.25) is 0 Å². The Balaban J connectivity index is 2.29. The Bertz CT molecular complexity index is 321. The Labute approximate surface area is 99.0 Å². The highest BCUT2D eigenvalue weighted by atomic mass is 16.5. The normalized spacial score (nSPS) is 10.8. The van der Waals surface area contributed by atoms with Crippen molar-refractivity contribution >= 4 is 5.69 Å². The molecule has 1 rings (SSSR count). The van der Waals surface area contributed by atoms with Crippen LogP contribution in [0.5, 0.6) is 0 Å². The quantitative estimate of drug-likeness (QED) is 0.743. The van der Waals surface area contributed by atoms with E-state index in [2.05, 4.69) is 51.2 Å². The van der Waals surface area contributed by atoms with Crippen molar-refractivity contribution in [1.82, 2.24) is 0 Å². The van der Waals surface area contributed by atoms with Crippen molar-refractivity contribution in [2.24, 2.45) is 5.92 Å². The maximum atomic E-state index is 5.52. The van der Waals surface area contributed by atoms with Gasteiger partial charge in [0.15, 0.2) is 0 Å². The Morgan fingerprint density at radius 3 is 2.69 bits per heavy atom. The van der Waals surface area contributed by atoms with E-state index in [4.69, 9.17) is 4.74 Å². The smallest absolute Gasteiger partial charge is 0.0639 e. The molecule has 1 aromatic rings. The molecule has 0 amide bonds. The van der Waals surface area contributed by atoms with Crippen molar-refractivity contribution in [3.05, 3.63) is 29.3 Å². The SMILES string of the molecule is Cc1ccc(C)c(NCCOCC(C)C)c1. The predicted molar refractivity (Wildman–Crippen MR) is 70.1 cm³/mol. The van der Waals surface area contributed by atoms with Crippen molar-refractivity contribution in [1.29, 1.82) is 0 Å². The van der Waals surface area contributed by atoms with Gasteiger partial charge in [-0.05, 0) is 37.0 Å². The van der Waals surface area contributed by atoms with E-state index in [1.54, 1.807) is 0 Å². The van der Waals surface area contributed by atoms with Crippen LogP contribution in [0.25, 0.3) is 0 Å². The predicted octanol–water partition coefficient (Wildman–Crippen LogP) is 3.39. The number of nitrogens with one attached hydrogen (secondary N) is 1. The van der Waals surface area contributed by atoms with Crippen molar-refractivity contribution in [3.63, 3.8) is 0 Å². The standard InChI is InChI=1S/C14H23NO/c1-11(2)10-16-8-7-15-14-9-12(3)5-6-13(14)4/h5-6,9,11,15H,7-8,10H2,1-4H3. The summed E-state index contributed by atoms with van der Waals surface area (Å²) in [5.74, 6) is 0.612. The van der Waals surface area contributed by atoms with E-state index in [1.807, 2.05) is 0 Å². The molecule has 0 fully saturated rings. The summed E-state index contributed by atoms with van der Waals surface area (Å²) in [7, 11) is 0. The van der Waals surface area contributed by atoms with E-state index in [0.29, 0.717) is 5.92 Å². The summed E-state index contributed by atoms with van der Waals surface area (Å²) in [6.07, 6.45) is 0. The van der Waals surface area contributed by atoms with Gasteiger partial charge in [0.05, 0.1) is 6.61 Å². The molecule has 0 aliphatic carbocycles. The summed E-state index contributed by atoms with van der Waals surface area (Å²) in [6, 6.07) is 6.46. The van der Waals surface area contributed by atoms with Crippen LogP contribution in [0.4, 0.5) is 5.69 Å². The third kappa shape index (κ3) is 4.67. The lowest BCUT2D eigenvalue weighted by atomic mass is 10.1. The third-order valence-electron chi connectivity index (χ3n) is 2.41. The summed E-state index contributed by atoms with van der Waals surface area (Å²) >= 11 is 0. The molecule has 0 heterocycles. The average Bonchev–Trinajstić information content (AvgIpc) is 2.22. The molecule has 0 saturated heterocycles. The minimum absolute atomic E-state index is 0.612. The van der Waals surface area contributed by atoms with Crippen LogP contribution in [-0.2, 0) is 4.74 Å². The molecule has 0 aliphatic heterocycles. The van der Waals surface area contributed by atoms with Gasteiger partial charge in [0.1, 0.15) is 0 Å². The van der Waals surface area contributed by atoms with Crippen LogP contribution >= 0.6 is 0 Å². The third-order valence-corrected chi connectivity index (χ3v) is 2.41. The zero-order valence-corrected chi connectivity index (χ0v) is 10.8. The summed E-state index contributed by atoms with van der Waals surface area (Å²) in [5.41, 5.74) is 3.79. The highest BCUT2D eigenvalue weighted by Crippen LogP contribution is 2.15. The van der Waals surface area contributed by atoms with Crippen molar-refractivity contribution in [2.45, 2.75) is 27.7 Å². The number of ether oxygens (including phenoxy) is 1. The monoisotopic (exact) mass is 221 g/mol. The minimum Gasteiger partial charge on any atom is -0.383 e. The minimum atomic E-state index is 0.612. The van der Waals surface area contributed by atoms with Gasteiger partial charge in [-0.2, -0.15) is 0 Å². The summed E-state index contributed by atoms with van der Waals surface area (Å²) in [4.78, 5) is 0. The van der Waals surface area contributed by atoms with Crippen LogP contribution in [-0.4, -0.2) is 19.8 Å². The first-order valence-electron chi connectivity index (χ1n) is 5.98. The van der Waals surface area contributed by atoms with Crippen LogP contribution in [0.2, 0.25) is 0 Å². The Morgan fingerprint density at radius 1 is 1.25 bits per heavy atom. The number of aryl methyl sites for hydroxylation is 2. The molecule has 1 aromatic carbocycles. The lowest BCUT2D eigenvalue weighted by Gasteiger charge is -2.11. The van der Waals surface area contributed by atoms with Crippen LogP contribution in [0, 0.1) is 19.8 Å². The first kappa shape index (κ1) is 13.0. The lowest BCUT2D eigenvalue weighted by molar-refractivity contribution is 0.118. The zero-order valence-electron chi connectivity index (χ0n) is 10.8. The molecule has 2 heteroatoms. The molecule has 0 radical (unpaired) electrons. The summed E-state index contributed by atoms with van der Waals surface area (Å²) < 4.78 is 5.52. The summed E-state index contributed by atoms with van der Waals surface area (Å²) in [6.45, 7) is 11.0. The fourth-order valence-corrected chi connectivity index (χ4v) is 1.50. The molecule has 2 nitrogen and oxygen atoms in total. The van der Waals surface area contributed by atoms with Crippen LogP contribution in [0.15, 0.2) is 18.2 Å². The van der Waals surface area contributed by atoms with E-state index in [1.165, 1.54) is 16.8 Å². The van der Waals surface area contributed by atoms with Crippen molar-refractivity contribution in [2.75, 3.05) is 25.1 Å². The molecule has 0 saturated carbocycles. The van der Waals surface area contributed by atoms with Crippen LogP contribution in [0.1, 0.15) is 25.0 Å². The molecular formula is C14H23NO. The fraction of sp³-hybridized carbons (Fsp3) is 0.571. The molecule has 0 bridgehead atoms. The average molecular weight is 221 g/mol. The van der Waals surface area contributed by atoms with Gasteiger partial charge in [-0.15, -0.1) is 0 Å².